The summed E-state index contributed by atoms with van der Waals surface area (Å²) >= 11 is 0. The molecule has 14 heavy (non-hydrogen) atoms. The van der Waals surface area contributed by atoms with E-state index in [4.69, 9.17) is 4.52 Å². The third-order valence-electron chi connectivity index (χ3n) is 2.02. The first-order chi connectivity index (χ1) is 6.90. The van der Waals surface area contributed by atoms with Crippen LogP contribution in [-0.2, 0) is 6.42 Å². The van der Waals surface area contributed by atoms with Gasteiger partial charge in [-0.3, -0.25) is 4.79 Å². The molecule has 0 aliphatic rings. The van der Waals surface area contributed by atoms with Gasteiger partial charge in [-0.15, -0.1) is 0 Å². The van der Waals surface area contributed by atoms with Gasteiger partial charge in [0, 0.05) is 6.42 Å². The highest BCUT2D eigenvalue weighted by atomic mass is 16.5. The van der Waals surface area contributed by atoms with Gasteiger partial charge in [-0.25, -0.2) is 0 Å². The molecular weight excluding hydrogens is 178 g/mol. The van der Waals surface area contributed by atoms with Crippen LogP contribution in [0.3, 0.4) is 0 Å². The summed E-state index contributed by atoms with van der Waals surface area (Å²) in [6.07, 6.45) is 2.76. The molecule has 3 heteroatoms. The lowest BCUT2D eigenvalue weighted by molar-refractivity contribution is 0.112. The Labute approximate surface area is 81.3 Å². The highest BCUT2D eigenvalue weighted by Gasteiger charge is 2.06. The average molecular weight is 187 g/mol. The van der Waals surface area contributed by atoms with Gasteiger partial charge < -0.3 is 4.52 Å². The summed E-state index contributed by atoms with van der Waals surface area (Å²) in [5.41, 5.74) is 2.32. The molecule has 2 aromatic rings. The van der Waals surface area contributed by atoms with Gasteiger partial charge >= 0.3 is 0 Å². The van der Waals surface area contributed by atoms with Gasteiger partial charge in [0.2, 0.25) is 0 Å². The van der Waals surface area contributed by atoms with Crippen LogP contribution in [0.25, 0.3) is 0 Å². The monoisotopic (exact) mass is 187 g/mol. The van der Waals surface area contributed by atoms with Crippen molar-refractivity contribution in [1.29, 1.82) is 0 Å². The zero-order valence-corrected chi connectivity index (χ0v) is 7.51. The molecule has 0 radical (unpaired) electrons. The van der Waals surface area contributed by atoms with E-state index >= 15 is 0 Å². The minimum atomic E-state index is 0.522. The van der Waals surface area contributed by atoms with Crippen LogP contribution in [0.2, 0.25) is 0 Å². The fourth-order valence-electron chi connectivity index (χ4n) is 1.29. The van der Waals surface area contributed by atoms with Crippen molar-refractivity contribution in [3.8, 4) is 0 Å². The van der Waals surface area contributed by atoms with E-state index in [1.165, 1.54) is 6.26 Å². The second kappa shape index (κ2) is 3.87. The van der Waals surface area contributed by atoms with Crippen LogP contribution in [0, 0.1) is 0 Å². The zero-order chi connectivity index (χ0) is 9.80. The topological polar surface area (TPSA) is 43.1 Å². The highest BCUT2D eigenvalue weighted by Crippen LogP contribution is 2.10. The fraction of sp³-hybridized carbons (Fsp3) is 0.0909. The Bertz CT molecular complexity index is 420. The molecule has 1 aromatic carbocycles. The second-order valence-corrected chi connectivity index (χ2v) is 3.00. The SMILES string of the molecule is O=Cc1conc1Cc1ccccc1. The Morgan fingerprint density at radius 1 is 1.29 bits per heavy atom. The maximum atomic E-state index is 10.6. The van der Waals surface area contributed by atoms with Crippen LogP contribution in [-0.4, -0.2) is 11.4 Å². The molecule has 1 heterocycles. The summed E-state index contributed by atoms with van der Waals surface area (Å²) in [7, 11) is 0. The average Bonchev–Trinajstić information content (AvgIpc) is 2.67. The predicted molar refractivity (Wildman–Crippen MR) is 51.1 cm³/mol. The summed E-state index contributed by atoms with van der Waals surface area (Å²) in [6, 6.07) is 9.84. The number of benzene rings is 1. The first-order valence-electron chi connectivity index (χ1n) is 4.32. The van der Waals surface area contributed by atoms with Gasteiger partial charge in [-0.2, -0.15) is 0 Å². The smallest absolute Gasteiger partial charge is 0.155 e. The maximum Gasteiger partial charge on any atom is 0.155 e. The van der Waals surface area contributed by atoms with Crippen LogP contribution in [0.15, 0.2) is 41.1 Å². The van der Waals surface area contributed by atoms with E-state index in [-0.39, 0.29) is 0 Å². The molecule has 0 saturated heterocycles. The number of carbonyl (C=O) groups excluding carboxylic acids is 1. The van der Waals surface area contributed by atoms with Crippen molar-refractivity contribution in [2.24, 2.45) is 0 Å². The van der Waals surface area contributed by atoms with Crippen LogP contribution in [0.4, 0.5) is 0 Å². The molecule has 0 amide bonds. The van der Waals surface area contributed by atoms with Crippen molar-refractivity contribution in [1.82, 2.24) is 5.16 Å². The Morgan fingerprint density at radius 2 is 2.07 bits per heavy atom. The van der Waals surface area contributed by atoms with Crippen LogP contribution in [0.1, 0.15) is 21.6 Å². The molecule has 0 atom stereocenters. The summed E-state index contributed by atoms with van der Waals surface area (Å²) in [5, 5.41) is 3.78. The number of aromatic nitrogens is 1. The number of carbonyl (C=O) groups is 1. The van der Waals surface area contributed by atoms with Crippen molar-refractivity contribution in [3.63, 3.8) is 0 Å². The Morgan fingerprint density at radius 3 is 2.79 bits per heavy atom. The number of aldehydes is 1. The lowest BCUT2D eigenvalue weighted by atomic mass is 10.1. The van der Waals surface area contributed by atoms with Gasteiger partial charge in [0.25, 0.3) is 0 Å². The minimum absolute atomic E-state index is 0.522. The molecule has 0 aliphatic carbocycles. The van der Waals surface area contributed by atoms with Crippen molar-refractivity contribution >= 4 is 6.29 Å². The van der Waals surface area contributed by atoms with E-state index in [0.717, 1.165) is 11.8 Å². The molecule has 0 unspecified atom stereocenters. The summed E-state index contributed by atoms with van der Waals surface area (Å²) in [6.45, 7) is 0. The Hall–Kier alpha value is -1.90. The Kier molecular flexibility index (Phi) is 2.40. The van der Waals surface area contributed by atoms with Crippen molar-refractivity contribution < 1.29 is 9.32 Å². The number of rotatable bonds is 3. The van der Waals surface area contributed by atoms with E-state index in [1.54, 1.807) is 0 Å². The first-order valence-corrected chi connectivity index (χ1v) is 4.32. The lowest BCUT2D eigenvalue weighted by Crippen LogP contribution is -1.92. The predicted octanol–water partition coefficient (Wildman–Crippen LogP) is 2.08. The quantitative estimate of drug-likeness (QED) is 0.691. The molecule has 3 nitrogen and oxygen atoms in total. The standard InChI is InChI=1S/C11H9NO2/c13-7-10-8-14-12-11(10)6-9-4-2-1-3-5-9/h1-5,7-8H,6H2. The van der Waals surface area contributed by atoms with Gasteiger partial charge in [-0.1, -0.05) is 35.5 Å². The summed E-state index contributed by atoms with van der Waals surface area (Å²) in [5.74, 6) is 0. The fourth-order valence-corrected chi connectivity index (χ4v) is 1.29. The largest absolute Gasteiger partial charge is 0.364 e. The second-order valence-electron chi connectivity index (χ2n) is 3.00. The molecule has 2 rings (SSSR count). The van der Waals surface area contributed by atoms with E-state index in [2.05, 4.69) is 5.16 Å². The molecule has 70 valence electrons. The van der Waals surface area contributed by atoms with Gasteiger partial charge in [-0.05, 0) is 5.56 Å². The van der Waals surface area contributed by atoms with Crippen molar-refractivity contribution in [2.75, 3.05) is 0 Å². The summed E-state index contributed by atoms with van der Waals surface area (Å²) < 4.78 is 4.73. The molecule has 0 bridgehead atoms. The lowest BCUT2D eigenvalue weighted by Gasteiger charge is -1.96. The number of hydrogen-bond donors (Lipinski definition) is 0. The first kappa shape index (κ1) is 8.69. The van der Waals surface area contributed by atoms with Gasteiger partial charge in [0.15, 0.2) is 6.29 Å². The van der Waals surface area contributed by atoms with E-state index in [9.17, 15) is 4.79 Å². The Balaban J connectivity index is 2.23. The highest BCUT2D eigenvalue weighted by molar-refractivity contribution is 5.75. The summed E-state index contributed by atoms with van der Waals surface area (Å²) in [4.78, 5) is 10.6. The maximum absolute atomic E-state index is 10.6. The van der Waals surface area contributed by atoms with Crippen LogP contribution < -0.4 is 0 Å². The third kappa shape index (κ3) is 1.71. The number of nitrogens with zero attached hydrogens (tertiary/aromatic N) is 1. The third-order valence-corrected chi connectivity index (χ3v) is 2.02. The van der Waals surface area contributed by atoms with Crippen LogP contribution >= 0.6 is 0 Å². The number of hydrogen-bond acceptors (Lipinski definition) is 3. The van der Waals surface area contributed by atoms with Crippen molar-refractivity contribution in [2.45, 2.75) is 6.42 Å². The van der Waals surface area contributed by atoms with Crippen LogP contribution in [0.5, 0.6) is 0 Å². The molecule has 0 N–H and O–H groups in total. The van der Waals surface area contributed by atoms with E-state index in [0.29, 0.717) is 17.7 Å². The van der Waals surface area contributed by atoms with E-state index < -0.39 is 0 Å². The zero-order valence-electron chi connectivity index (χ0n) is 7.51. The minimum Gasteiger partial charge on any atom is -0.364 e. The molecular formula is C11H9NO2. The molecule has 0 saturated carbocycles. The molecule has 0 aliphatic heterocycles. The molecule has 0 fully saturated rings. The molecule has 0 spiro atoms. The normalized spacial score (nSPS) is 10.0. The van der Waals surface area contributed by atoms with E-state index in [1.807, 2.05) is 30.3 Å². The van der Waals surface area contributed by atoms with Gasteiger partial charge in [0.05, 0.1) is 11.3 Å². The van der Waals surface area contributed by atoms with Gasteiger partial charge in [0.1, 0.15) is 6.26 Å². The van der Waals surface area contributed by atoms with Crippen molar-refractivity contribution in [3.05, 3.63) is 53.4 Å². The molecule has 1 aromatic heterocycles.